The molecule has 0 radical (unpaired) electrons. The van der Waals surface area contributed by atoms with E-state index in [1.165, 1.54) is 0 Å². The summed E-state index contributed by atoms with van der Waals surface area (Å²) in [7, 11) is 1.54. The summed E-state index contributed by atoms with van der Waals surface area (Å²) in [4.78, 5) is 31.0. The number of benzene rings is 1. The fourth-order valence-corrected chi connectivity index (χ4v) is 3.40. The normalized spacial score (nSPS) is 18.2. The number of amidine groups is 1. The van der Waals surface area contributed by atoms with Gasteiger partial charge in [0.05, 0.1) is 7.11 Å². The molecule has 7 nitrogen and oxygen atoms in total. The molecule has 3 rings (SSSR count). The average molecular weight is 399 g/mol. The van der Waals surface area contributed by atoms with Gasteiger partial charge in [0.1, 0.15) is 11.5 Å². The van der Waals surface area contributed by atoms with Gasteiger partial charge in [-0.05, 0) is 57.4 Å². The number of fused-ring (bicyclic) bond motifs is 1. The van der Waals surface area contributed by atoms with Crippen molar-refractivity contribution in [1.29, 1.82) is 0 Å². The standard InChI is InChI=1S/C22H29N3O4/c1-22(2,3)24-20(26)14-29-17-10-9-15(13-18(17)28-4)12-16-21(27)25-11-7-5-6-8-19(25)23-16/h9-10,12-13H,5-8,11,14H2,1-4H3,(H,24,26). The summed E-state index contributed by atoms with van der Waals surface area (Å²) in [5.74, 6) is 1.59. The lowest BCUT2D eigenvalue weighted by Gasteiger charge is -2.20. The first kappa shape index (κ1) is 20.9. The molecule has 2 heterocycles. The highest BCUT2D eigenvalue weighted by Gasteiger charge is 2.30. The third kappa shape index (κ3) is 5.37. The van der Waals surface area contributed by atoms with Gasteiger partial charge in [-0.2, -0.15) is 0 Å². The second-order valence-corrected chi connectivity index (χ2v) is 8.32. The Balaban J connectivity index is 1.73. The van der Waals surface area contributed by atoms with Crippen LogP contribution in [-0.2, 0) is 9.59 Å². The molecule has 0 saturated carbocycles. The average Bonchev–Trinajstić information content (AvgIpc) is 2.82. The molecule has 1 aromatic carbocycles. The third-order valence-corrected chi connectivity index (χ3v) is 4.67. The molecular formula is C22H29N3O4. The molecule has 2 aliphatic rings. The van der Waals surface area contributed by atoms with Gasteiger partial charge in [0.15, 0.2) is 18.1 Å². The van der Waals surface area contributed by atoms with E-state index in [0.29, 0.717) is 17.2 Å². The van der Waals surface area contributed by atoms with Crippen molar-refractivity contribution in [2.45, 2.75) is 52.0 Å². The molecule has 156 valence electrons. The maximum absolute atomic E-state index is 12.7. The Morgan fingerprint density at radius 2 is 2.03 bits per heavy atom. The van der Waals surface area contributed by atoms with E-state index in [0.717, 1.165) is 43.6 Å². The van der Waals surface area contributed by atoms with E-state index >= 15 is 0 Å². The van der Waals surface area contributed by atoms with Gasteiger partial charge in [-0.1, -0.05) is 12.5 Å². The Morgan fingerprint density at radius 3 is 2.76 bits per heavy atom. The van der Waals surface area contributed by atoms with Crippen molar-refractivity contribution in [3.8, 4) is 11.5 Å². The van der Waals surface area contributed by atoms with Crippen LogP contribution in [0, 0.1) is 0 Å². The molecule has 2 aliphatic heterocycles. The fraction of sp³-hybridized carbons (Fsp3) is 0.500. The highest BCUT2D eigenvalue weighted by Crippen LogP contribution is 2.30. The Morgan fingerprint density at radius 1 is 1.24 bits per heavy atom. The number of aliphatic imine (C=N–C) groups is 1. The number of nitrogens with one attached hydrogen (secondary N) is 1. The molecule has 0 spiro atoms. The first-order chi connectivity index (χ1) is 13.8. The minimum Gasteiger partial charge on any atom is -0.493 e. The van der Waals surface area contributed by atoms with Crippen LogP contribution in [0.3, 0.4) is 0 Å². The Labute approximate surface area is 171 Å². The molecule has 0 bridgehead atoms. The van der Waals surface area contributed by atoms with Crippen LogP contribution < -0.4 is 14.8 Å². The van der Waals surface area contributed by atoms with Crippen LogP contribution in [-0.4, -0.2) is 48.4 Å². The Hall–Kier alpha value is -2.83. The van der Waals surface area contributed by atoms with Crippen LogP contribution in [0.1, 0.15) is 52.0 Å². The maximum Gasteiger partial charge on any atom is 0.277 e. The van der Waals surface area contributed by atoms with E-state index in [-0.39, 0.29) is 24.0 Å². The lowest BCUT2D eigenvalue weighted by Crippen LogP contribution is -2.43. The molecule has 1 N–H and O–H groups in total. The molecule has 0 aliphatic carbocycles. The van der Waals surface area contributed by atoms with E-state index in [9.17, 15) is 9.59 Å². The number of nitrogens with zero attached hydrogens (tertiary/aromatic N) is 2. The zero-order chi connectivity index (χ0) is 21.0. The molecule has 2 amide bonds. The molecule has 0 unspecified atom stereocenters. The number of hydrogen-bond donors (Lipinski definition) is 1. The zero-order valence-corrected chi connectivity index (χ0v) is 17.6. The molecule has 29 heavy (non-hydrogen) atoms. The highest BCUT2D eigenvalue weighted by molar-refractivity contribution is 6.14. The van der Waals surface area contributed by atoms with E-state index < -0.39 is 0 Å². The quantitative estimate of drug-likeness (QED) is 0.772. The Kier molecular flexibility index (Phi) is 6.25. The van der Waals surface area contributed by atoms with Crippen molar-refractivity contribution in [2.75, 3.05) is 20.3 Å². The number of amides is 2. The van der Waals surface area contributed by atoms with Gasteiger partial charge >= 0.3 is 0 Å². The van der Waals surface area contributed by atoms with E-state index in [2.05, 4.69) is 10.3 Å². The van der Waals surface area contributed by atoms with Gasteiger partial charge in [0.2, 0.25) is 0 Å². The third-order valence-electron chi connectivity index (χ3n) is 4.67. The second-order valence-electron chi connectivity index (χ2n) is 8.32. The SMILES string of the molecule is COc1cc(C=C2N=C3CCCCCN3C2=O)ccc1OCC(=O)NC(C)(C)C. The summed E-state index contributed by atoms with van der Waals surface area (Å²) in [5, 5.41) is 2.85. The van der Waals surface area contributed by atoms with Crippen molar-refractivity contribution >= 4 is 23.7 Å². The van der Waals surface area contributed by atoms with E-state index in [1.807, 2.05) is 26.8 Å². The highest BCUT2D eigenvalue weighted by atomic mass is 16.5. The summed E-state index contributed by atoms with van der Waals surface area (Å²) in [5.41, 5.74) is 0.920. The lowest BCUT2D eigenvalue weighted by atomic mass is 10.1. The number of carbonyl (C=O) groups excluding carboxylic acids is 2. The predicted molar refractivity (Wildman–Crippen MR) is 112 cm³/mol. The number of hydrogen-bond acceptors (Lipinski definition) is 5. The molecule has 1 aromatic rings. The summed E-state index contributed by atoms with van der Waals surface area (Å²) < 4.78 is 11.0. The van der Waals surface area contributed by atoms with Gasteiger partial charge < -0.3 is 14.8 Å². The summed E-state index contributed by atoms with van der Waals surface area (Å²) in [6.45, 7) is 6.37. The number of rotatable bonds is 5. The largest absolute Gasteiger partial charge is 0.493 e. The van der Waals surface area contributed by atoms with Gasteiger partial charge in [-0.3, -0.25) is 14.5 Å². The molecule has 0 atom stereocenters. The first-order valence-electron chi connectivity index (χ1n) is 10.00. The summed E-state index contributed by atoms with van der Waals surface area (Å²) in [6.07, 6.45) is 5.83. The zero-order valence-electron chi connectivity index (χ0n) is 17.6. The molecule has 7 heteroatoms. The number of ether oxygens (including phenoxy) is 2. The summed E-state index contributed by atoms with van der Waals surface area (Å²) in [6, 6.07) is 5.34. The minimum atomic E-state index is -0.317. The minimum absolute atomic E-state index is 0.0416. The van der Waals surface area contributed by atoms with Gasteiger partial charge in [-0.25, -0.2) is 4.99 Å². The van der Waals surface area contributed by atoms with Gasteiger partial charge in [0, 0.05) is 18.5 Å². The smallest absolute Gasteiger partial charge is 0.277 e. The van der Waals surface area contributed by atoms with Crippen molar-refractivity contribution in [1.82, 2.24) is 10.2 Å². The van der Waals surface area contributed by atoms with Crippen LogP contribution in [0.2, 0.25) is 0 Å². The van der Waals surface area contributed by atoms with Crippen LogP contribution in [0.25, 0.3) is 6.08 Å². The predicted octanol–water partition coefficient (Wildman–Crippen LogP) is 3.14. The van der Waals surface area contributed by atoms with Crippen LogP contribution in [0.5, 0.6) is 11.5 Å². The van der Waals surface area contributed by atoms with Crippen LogP contribution >= 0.6 is 0 Å². The molecule has 0 aromatic heterocycles. The number of methoxy groups -OCH3 is 1. The number of carbonyl (C=O) groups is 2. The van der Waals surface area contributed by atoms with Crippen molar-refractivity contribution in [3.63, 3.8) is 0 Å². The maximum atomic E-state index is 12.7. The molecule has 1 saturated heterocycles. The Bertz CT molecular complexity index is 852. The van der Waals surface area contributed by atoms with E-state index in [1.54, 1.807) is 30.2 Å². The van der Waals surface area contributed by atoms with Crippen molar-refractivity contribution in [2.24, 2.45) is 4.99 Å². The van der Waals surface area contributed by atoms with Crippen LogP contribution in [0.4, 0.5) is 0 Å². The fourth-order valence-electron chi connectivity index (χ4n) is 3.40. The van der Waals surface area contributed by atoms with Crippen molar-refractivity contribution < 1.29 is 19.1 Å². The van der Waals surface area contributed by atoms with Gasteiger partial charge in [-0.15, -0.1) is 0 Å². The second kappa shape index (κ2) is 8.68. The first-order valence-corrected chi connectivity index (χ1v) is 10.00. The van der Waals surface area contributed by atoms with E-state index in [4.69, 9.17) is 9.47 Å². The summed E-state index contributed by atoms with van der Waals surface area (Å²) >= 11 is 0. The van der Waals surface area contributed by atoms with Crippen molar-refractivity contribution in [3.05, 3.63) is 29.5 Å². The monoisotopic (exact) mass is 399 g/mol. The lowest BCUT2D eigenvalue weighted by molar-refractivity contribution is -0.124. The topological polar surface area (TPSA) is 80.2 Å². The van der Waals surface area contributed by atoms with Crippen LogP contribution in [0.15, 0.2) is 28.9 Å². The molecule has 1 fully saturated rings. The van der Waals surface area contributed by atoms with Gasteiger partial charge in [0.25, 0.3) is 11.8 Å². The molecular weight excluding hydrogens is 370 g/mol.